The smallest absolute Gasteiger partial charge is 0.315 e. The third-order valence-electron chi connectivity index (χ3n) is 3.42. The Labute approximate surface area is 118 Å². The fraction of sp³-hybridized carbons (Fsp3) is 0.846. The number of aliphatic carboxylic acids is 1. The van der Waals surface area contributed by atoms with E-state index in [0.717, 1.165) is 25.0 Å². The lowest BCUT2D eigenvalue weighted by Gasteiger charge is -2.23. The van der Waals surface area contributed by atoms with E-state index < -0.39 is 11.4 Å². The van der Waals surface area contributed by atoms with Gasteiger partial charge in [-0.25, -0.2) is 4.79 Å². The van der Waals surface area contributed by atoms with Crippen molar-refractivity contribution < 1.29 is 14.7 Å². The van der Waals surface area contributed by atoms with Crippen LogP contribution < -0.4 is 10.6 Å². The van der Waals surface area contributed by atoms with E-state index >= 15 is 0 Å². The van der Waals surface area contributed by atoms with Crippen LogP contribution in [0.15, 0.2) is 0 Å². The summed E-state index contributed by atoms with van der Waals surface area (Å²) in [5.74, 6) is 0.143. The van der Waals surface area contributed by atoms with Gasteiger partial charge < -0.3 is 15.7 Å². The fourth-order valence-electron chi connectivity index (χ4n) is 2.10. The van der Waals surface area contributed by atoms with Gasteiger partial charge in [0.25, 0.3) is 0 Å². The predicted octanol–water partition coefficient (Wildman–Crippen LogP) is 2.07. The van der Waals surface area contributed by atoms with E-state index in [9.17, 15) is 9.59 Å². The minimum atomic E-state index is -0.940. The zero-order chi connectivity index (χ0) is 14.5. The Bertz CT molecular complexity index is 334. The van der Waals surface area contributed by atoms with Crippen molar-refractivity contribution in [3.8, 4) is 0 Å². The first-order valence-electron chi connectivity index (χ1n) is 6.76. The summed E-state index contributed by atoms with van der Waals surface area (Å²) in [7, 11) is 0. The Balaban J connectivity index is 2.37. The standard InChI is InChI=1S/C13H24N2O3S/c1-4-19-10-7-5-6-9(10)15-12(18)14-8-13(2,3)11(16)17/h9-10H,4-8H2,1-3H3,(H,16,17)(H2,14,15,18). The number of carbonyl (C=O) groups excluding carboxylic acids is 1. The summed E-state index contributed by atoms with van der Waals surface area (Å²) in [6.07, 6.45) is 3.29. The Kier molecular flexibility index (Phi) is 5.97. The van der Waals surface area contributed by atoms with Gasteiger partial charge in [0.15, 0.2) is 0 Å². The molecule has 1 rings (SSSR count). The molecule has 1 aliphatic rings. The maximum absolute atomic E-state index is 11.8. The molecule has 0 aromatic rings. The number of hydrogen-bond acceptors (Lipinski definition) is 3. The van der Waals surface area contributed by atoms with E-state index in [1.165, 1.54) is 0 Å². The molecule has 0 aromatic heterocycles. The third-order valence-corrected chi connectivity index (χ3v) is 4.75. The van der Waals surface area contributed by atoms with Crippen molar-refractivity contribution in [2.75, 3.05) is 12.3 Å². The van der Waals surface area contributed by atoms with Gasteiger partial charge in [0.1, 0.15) is 0 Å². The molecule has 19 heavy (non-hydrogen) atoms. The van der Waals surface area contributed by atoms with Crippen LogP contribution in [0.1, 0.15) is 40.0 Å². The molecule has 0 spiro atoms. The van der Waals surface area contributed by atoms with Crippen LogP contribution in [0, 0.1) is 5.41 Å². The number of amides is 2. The maximum Gasteiger partial charge on any atom is 0.315 e. The molecule has 2 amide bonds. The molecule has 5 nitrogen and oxygen atoms in total. The lowest BCUT2D eigenvalue weighted by Crippen LogP contribution is -2.48. The highest BCUT2D eigenvalue weighted by Gasteiger charge is 2.30. The number of carboxylic acids is 1. The molecule has 0 aromatic carbocycles. The van der Waals surface area contributed by atoms with Crippen LogP contribution in [0.3, 0.4) is 0 Å². The Hall–Kier alpha value is -0.910. The van der Waals surface area contributed by atoms with Crippen LogP contribution in [0.5, 0.6) is 0 Å². The van der Waals surface area contributed by atoms with Crippen molar-refractivity contribution in [3.05, 3.63) is 0 Å². The lowest BCUT2D eigenvalue weighted by molar-refractivity contribution is -0.146. The van der Waals surface area contributed by atoms with E-state index in [-0.39, 0.29) is 18.6 Å². The van der Waals surface area contributed by atoms with Gasteiger partial charge in [0.05, 0.1) is 5.41 Å². The average Bonchev–Trinajstić information content (AvgIpc) is 2.75. The van der Waals surface area contributed by atoms with Crippen LogP contribution in [-0.4, -0.2) is 40.7 Å². The van der Waals surface area contributed by atoms with Crippen molar-refractivity contribution in [1.29, 1.82) is 0 Å². The highest BCUT2D eigenvalue weighted by Crippen LogP contribution is 2.29. The van der Waals surface area contributed by atoms with Gasteiger partial charge in [0.2, 0.25) is 0 Å². The molecule has 110 valence electrons. The molecule has 0 radical (unpaired) electrons. The van der Waals surface area contributed by atoms with Crippen molar-refractivity contribution in [2.24, 2.45) is 5.41 Å². The first-order chi connectivity index (χ1) is 8.86. The third kappa shape index (κ3) is 4.93. The summed E-state index contributed by atoms with van der Waals surface area (Å²) in [4.78, 5) is 22.7. The molecule has 3 N–H and O–H groups in total. The van der Waals surface area contributed by atoms with Crippen molar-refractivity contribution >= 4 is 23.8 Å². The highest BCUT2D eigenvalue weighted by atomic mass is 32.2. The first kappa shape index (κ1) is 16.1. The molecular weight excluding hydrogens is 264 g/mol. The second-order valence-electron chi connectivity index (χ2n) is 5.55. The average molecular weight is 288 g/mol. The van der Waals surface area contributed by atoms with Gasteiger partial charge in [-0.3, -0.25) is 4.79 Å². The molecule has 0 heterocycles. The van der Waals surface area contributed by atoms with Gasteiger partial charge in [-0.2, -0.15) is 11.8 Å². The summed E-state index contributed by atoms with van der Waals surface area (Å²) >= 11 is 1.88. The largest absolute Gasteiger partial charge is 0.481 e. The number of thioether (sulfide) groups is 1. The summed E-state index contributed by atoms with van der Waals surface area (Å²) in [5.41, 5.74) is -0.940. The number of nitrogens with one attached hydrogen (secondary N) is 2. The van der Waals surface area contributed by atoms with Crippen LogP contribution >= 0.6 is 11.8 Å². The Morgan fingerprint density at radius 1 is 1.37 bits per heavy atom. The van der Waals surface area contributed by atoms with Crippen molar-refractivity contribution in [1.82, 2.24) is 10.6 Å². The molecule has 1 saturated carbocycles. The summed E-state index contributed by atoms with van der Waals surface area (Å²) < 4.78 is 0. The molecule has 0 aliphatic heterocycles. The van der Waals surface area contributed by atoms with Gasteiger partial charge >= 0.3 is 12.0 Å². The van der Waals surface area contributed by atoms with Crippen LogP contribution in [0.4, 0.5) is 4.79 Å². The second kappa shape index (κ2) is 7.03. The number of hydrogen-bond donors (Lipinski definition) is 3. The van der Waals surface area contributed by atoms with Gasteiger partial charge in [-0.1, -0.05) is 13.3 Å². The molecule has 2 unspecified atom stereocenters. The first-order valence-corrected chi connectivity index (χ1v) is 7.81. The molecule has 0 saturated heterocycles. The van der Waals surface area contributed by atoms with Crippen LogP contribution in [-0.2, 0) is 4.79 Å². The van der Waals surface area contributed by atoms with E-state index in [0.29, 0.717) is 5.25 Å². The van der Waals surface area contributed by atoms with E-state index in [4.69, 9.17) is 5.11 Å². The van der Waals surface area contributed by atoms with E-state index in [2.05, 4.69) is 17.6 Å². The molecule has 2 atom stereocenters. The number of rotatable bonds is 6. The maximum atomic E-state index is 11.8. The summed E-state index contributed by atoms with van der Waals surface area (Å²) in [6, 6.07) is -0.0548. The zero-order valence-corrected chi connectivity index (χ0v) is 12.7. The van der Waals surface area contributed by atoms with Crippen molar-refractivity contribution in [3.63, 3.8) is 0 Å². The predicted molar refractivity (Wildman–Crippen MR) is 77.5 cm³/mol. The van der Waals surface area contributed by atoms with Crippen LogP contribution in [0.2, 0.25) is 0 Å². The number of carboxylic acid groups (broad SMARTS) is 1. The zero-order valence-electron chi connectivity index (χ0n) is 11.9. The number of urea groups is 1. The minimum Gasteiger partial charge on any atom is -0.481 e. The quantitative estimate of drug-likeness (QED) is 0.699. The van der Waals surface area contributed by atoms with Gasteiger partial charge in [-0.15, -0.1) is 0 Å². The van der Waals surface area contributed by atoms with Crippen LogP contribution in [0.25, 0.3) is 0 Å². The minimum absolute atomic E-state index is 0.131. The second-order valence-corrected chi connectivity index (χ2v) is 7.06. The summed E-state index contributed by atoms with van der Waals surface area (Å²) in [6.45, 7) is 5.45. The van der Waals surface area contributed by atoms with Gasteiger partial charge in [0, 0.05) is 17.8 Å². The normalized spacial score (nSPS) is 23.1. The lowest BCUT2D eigenvalue weighted by atomic mass is 9.94. The topological polar surface area (TPSA) is 78.4 Å². The Morgan fingerprint density at radius 2 is 2.05 bits per heavy atom. The molecule has 0 bridgehead atoms. The molecule has 1 fully saturated rings. The molecule has 6 heteroatoms. The number of carbonyl (C=O) groups is 2. The SMILES string of the molecule is CCSC1CCCC1NC(=O)NCC(C)(C)C(=O)O. The molecule has 1 aliphatic carbocycles. The van der Waals surface area contributed by atoms with Gasteiger partial charge in [-0.05, 0) is 32.4 Å². The summed E-state index contributed by atoms with van der Waals surface area (Å²) in [5, 5.41) is 15.1. The van der Waals surface area contributed by atoms with E-state index in [1.54, 1.807) is 13.8 Å². The Morgan fingerprint density at radius 3 is 2.63 bits per heavy atom. The monoisotopic (exact) mass is 288 g/mol. The van der Waals surface area contributed by atoms with Crippen molar-refractivity contribution in [2.45, 2.75) is 51.3 Å². The van der Waals surface area contributed by atoms with E-state index in [1.807, 2.05) is 11.8 Å². The molecular formula is C13H24N2O3S. The highest BCUT2D eigenvalue weighted by molar-refractivity contribution is 7.99. The fourth-order valence-corrected chi connectivity index (χ4v) is 3.30.